The van der Waals surface area contributed by atoms with Crippen molar-refractivity contribution in [1.82, 2.24) is 9.97 Å². The number of H-pyrrole nitrogens is 1. The highest BCUT2D eigenvalue weighted by Gasteiger charge is 2.14. The van der Waals surface area contributed by atoms with Gasteiger partial charge in [0, 0.05) is 23.9 Å². The lowest BCUT2D eigenvalue weighted by Gasteiger charge is -2.06. The Bertz CT molecular complexity index is 1120. The van der Waals surface area contributed by atoms with E-state index in [2.05, 4.69) is 21.4 Å². The molecule has 1 aliphatic rings. The molecule has 23 heavy (non-hydrogen) atoms. The lowest BCUT2D eigenvalue weighted by molar-refractivity contribution is 0.621. The molecule has 0 aliphatic carbocycles. The smallest absolute Gasteiger partial charge is 0.193 e. The van der Waals surface area contributed by atoms with Gasteiger partial charge in [-0.3, -0.25) is 4.79 Å². The van der Waals surface area contributed by atoms with Gasteiger partial charge in [0.25, 0.3) is 0 Å². The average molecular weight is 303 g/mol. The van der Waals surface area contributed by atoms with Crippen molar-refractivity contribution in [2.45, 2.75) is 6.42 Å². The summed E-state index contributed by atoms with van der Waals surface area (Å²) < 4.78 is 6.06. The maximum absolute atomic E-state index is 12.5. The molecule has 0 radical (unpaired) electrons. The van der Waals surface area contributed by atoms with Gasteiger partial charge in [0.1, 0.15) is 11.3 Å². The van der Waals surface area contributed by atoms with E-state index in [9.17, 15) is 4.79 Å². The molecule has 2 N–H and O–H groups in total. The number of fused-ring (bicyclic) bond motifs is 4. The van der Waals surface area contributed by atoms with Gasteiger partial charge in [-0.2, -0.15) is 0 Å². The number of benzene rings is 2. The van der Waals surface area contributed by atoms with Gasteiger partial charge in [0.15, 0.2) is 11.0 Å². The molecule has 2 aromatic carbocycles. The molecule has 0 spiro atoms. The average Bonchev–Trinajstić information content (AvgIpc) is 3.22. The van der Waals surface area contributed by atoms with E-state index >= 15 is 0 Å². The summed E-state index contributed by atoms with van der Waals surface area (Å²) in [4.78, 5) is 19.8. The largest absolute Gasteiger partial charge is 0.453 e. The Balaban J connectivity index is 1.80. The molecular weight excluding hydrogens is 290 g/mol. The van der Waals surface area contributed by atoms with E-state index in [0.717, 1.165) is 29.7 Å². The maximum Gasteiger partial charge on any atom is 0.193 e. The van der Waals surface area contributed by atoms with Crippen molar-refractivity contribution in [2.24, 2.45) is 0 Å². The van der Waals surface area contributed by atoms with Crippen LogP contribution in [0.2, 0.25) is 0 Å². The number of hydrogen-bond donors (Lipinski definition) is 2. The van der Waals surface area contributed by atoms with Crippen LogP contribution in [-0.4, -0.2) is 16.5 Å². The third kappa shape index (κ3) is 1.80. The SMILES string of the molecule is O=c1cc(-c2ccc3c(c2)CCN3)oc2c1ccc1[nH]cnc12. The Morgan fingerprint density at radius 3 is 3.04 bits per heavy atom. The highest BCUT2D eigenvalue weighted by Crippen LogP contribution is 2.30. The van der Waals surface area contributed by atoms with Crippen LogP contribution in [0.5, 0.6) is 0 Å². The standard InChI is InChI=1S/C18H13N3O2/c22-15-8-16(11-1-3-13-10(7-11)5-6-19-13)23-18-12(15)2-4-14-17(18)21-9-20-14/h1-4,7-9,19H,5-6H2,(H,20,21). The second-order valence-corrected chi connectivity index (χ2v) is 5.76. The van der Waals surface area contributed by atoms with E-state index in [1.165, 1.54) is 5.56 Å². The van der Waals surface area contributed by atoms with Crippen LogP contribution >= 0.6 is 0 Å². The predicted molar refractivity (Wildman–Crippen MR) is 89.8 cm³/mol. The van der Waals surface area contributed by atoms with Crippen LogP contribution in [0.25, 0.3) is 33.3 Å². The van der Waals surface area contributed by atoms with Crippen molar-refractivity contribution in [2.75, 3.05) is 11.9 Å². The summed E-state index contributed by atoms with van der Waals surface area (Å²) in [5, 5.41) is 3.89. The first kappa shape index (κ1) is 12.5. The molecule has 3 heterocycles. The predicted octanol–water partition coefficient (Wildman–Crippen LogP) is 3.30. The molecule has 5 rings (SSSR count). The number of anilines is 1. The summed E-state index contributed by atoms with van der Waals surface area (Å²) in [6.45, 7) is 0.953. The Morgan fingerprint density at radius 2 is 2.09 bits per heavy atom. The molecule has 1 aliphatic heterocycles. The van der Waals surface area contributed by atoms with Crippen LogP contribution < -0.4 is 10.7 Å². The molecule has 0 saturated heterocycles. The Morgan fingerprint density at radius 1 is 1.13 bits per heavy atom. The number of rotatable bonds is 1. The molecule has 0 saturated carbocycles. The van der Waals surface area contributed by atoms with Gasteiger partial charge in [0.2, 0.25) is 0 Å². The molecule has 0 unspecified atom stereocenters. The fourth-order valence-electron chi connectivity index (χ4n) is 3.22. The van der Waals surface area contributed by atoms with E-state index in [4.69, 9.17) is 4.42 Å². The summed E-state index contributed by atoms with van der Waals surface area (Å²) in [5.41, 5.74) is 5.35. The normalized spacial score (nSPS) is 13.4. The van der Waals surface area contributed by atoms with Crippen LogP contribution in [0.1, 0.15) is 5.56 Å². The van der Waals surface area contributed by atoms with E-state index in [0.29, 0.717) is 22.2 Å². The third-order valence-electron chi connectivity index (χ3n) is 4.38. The molecule has 2 aromatic heterocycles. The van der Waals surface area contributed by atoms with Crippen molar-refractivity contribution >= 4 is 27.7 Å². The number of aromatic nitrogens is 2. The highest BCUT2D eigenvalue weighted by atomic mass is 16.3. The molecule has 0 atom stereocenters. The second-order valence-electron chi connectivity index (χ2n) is 5.76. The van der Waals surface area contributed by atoms with Gasteiger partial charge in [-0.25, -0.2) is 4.98 Å². The summed E-state index contributed by atoms with van der Waals surface area (Å²) in [6, 6.07) is 11.3. The lowest BCUT2D eigenvalue weighted by atomic mass is 10.1. The van der Waals surface area contributed by atoms with Gasteiger partial charge in [0.05, 0.1) is 17.2 Å². The van der Waals surface area contributed by atoms with Crippen molar-refractivity contribution < 1.29 is 4.42 Å². The third-order valence-corrected chi connectivity index (χ3v) is 4.38. The fraction of sp³-hybridized carbons (Fsp3) is 0.111. The Labute approximate surface area is 131 Å². The molecule has 5 nitrogen and oxygen atoms in total. The van der Waals surface area contributed by atoms with Crippen LogP contribution in [0, 0.1) is 0 Å². The summed E-state index contributed by atoms with van der Waals surface area (Å²) in [7, 11) is 0. The zero-order valence-corrected chi connectivity index (χ0v) is 12.2. The summed E-state index contributed by atoms with van der Waals surface area (Å²) in [6.07, 6.45) is 2.60. The highest BCUT2D eigenvalue weighted by molar-refractivity contribution is 6.00. The molecular formula is C18H13N3O2. The molecule has 112 valence electrons. The second kappa shape index (κ2) is 4.46. The summed E-state index contributed by atoms with van der Waals surface area (Å²) >= 11 is 0. The van der Waals surface area contributed by atoms with Crippen molar-refractivity contribution in [3.05, 3.63) is 58.5 Å². The lowest BCUT2D eigenvalue weighted by Crippen LogP contribution is -2.00. The zero-order valence-electron chi connectivity index (χ0n) is 12.2. The Hall–Kier alpha value is -3.08. The van der Waals surface area contributed by atoms with Crippen LogP contribution in [0.15, 0.2) is 51.9 Å². The quantitative estimate of drug-likeness (QED) is 0.566. The fourth-order valence-corrected chi connectivity index (χ4v) is 3.22. The van der Waals surface area contributed by atoms with Crippen molar-refractivity contribution in [3.63, 3.8) is 0 Å². The minimum Gasteiger partial charge on any atom is -0.453 e. The topological polar surface area (TPSA) is 70.9 Å². The van der Waals surface area contributed by atoms with Gasteiger partial charge < -0.3 is 14.7 Å². The van der Waals surface area contributed by atoms with Crippen LogP contribution in [-0.2, 0) is 6.42 Å². The number of nitrogens with one attached hydrogen (secondary N) is 2. The summed E-state index contributed by atoms with van der Waals surface area (Å²) in [5.74, 6) is 0.577. The first-order valence-corrected chi connectivity index (χ1v) is 7.57. The van der Waals surface area contributed by atoms with E-state index in [1.807, 2.05) is 18.2 Å². The molecule has 0 fully saturated rings. The number of hydrogen-bond acceptors (Lipinski definition) is 4. The minimum absolute atomic E-state index is 0.0511. The number of nitrogens with zero attached hydrogens (tertiary/aromatic N) is 1. The Kier molecular flexibility index (Phi) is 2.42. The maximum atomic E-state index is 12.5. The van der Waals surface area contributed by atoms with Crippen molar-refractivity contribution in [1.29, 1.82) is 0 Å². The molecule has 0 bridgehead atoms. The van der Waals surface area contributed by atoms with Gasteiger partial charge >= 0.3 is 0 Å². The number of imidazole rings is 1. The molecule has 5 heteroatoms. The molecule has 4 aromatic rings. The van der Waals surface area contributed by atoms with E-state index < -0.39 is 0 Å². The van der Waals surface area contributed by atoms with Crippen molar-refractivity contribution in [3.8, 4) is 11.3 Å². The number of aromatic amines is 1. The first-order chi connectivity index (χ1) is 11.3. The van der Waals surface area contributed by atoms with Gasteiger partial charge in [-0.15, -0.1) is 0 Å². The first-order valence-electron chi connectivity index (χ1n) is 7.57. The van der Waals surface area contributed by atoms with Gasteiger partial charge in [-0.05, 0) is 42.3 Å². The molecule has 0 amide bonds. The van der Waals surface area contributed by atoms with E-state index in [-0.39, 0.29) is 5.43 Å². The zero-order chi connectivity index (χ0) is 15.4. The monoisotopic (exact) mass is 303 g/mol. The van der Waals surface area contributed by atoms with Gasteiger partial charge in [-0.1, -0.05) is 0 Å². The van der Waals surface area contributed by atoms with Crippen LogP contribution in [0.3, 0.4) is 0 Å². The van der Waals surface area contributed by atoms with E-state index in [1.54, 1.807) is 18.5 Å². The minimum atomic E-state index is -0.0511. The van der Waals surface area contributed by atoms with Crippen LogP contribution in [0.4, 0.5) is 5.69 Å².